The predicted molar refractivity (Wildman–Crippen MR) is 76.1 cm³/mol. The minimum atomic E-state index is -0.159. The number of aromatic nitrogens is 3. The van der Waals surface area contributed by atoms with Gasteiger partial charge in [-0.15, -0.1) is 10.2 Å². The number of rotatable bonds is 3. The second kappa shape index (κ2) is 5.44. The SMILES string of the molecule is O=C(Cc1nnc2ccccc2n1)Nc1ccccc1. The lowest BCUT2D eigenvalue weighted by molar-refractivity contribution is -0.115. The Morgan fingerprint density at radius 2 is 1.60 bits per heavy atom. The Labute approximate surface area is 115 Å². The van der Waals surface area contributed by atoms with E-state index in [4.69, 9.17) is 0 Å². The Hall–Kier alpha value is -2.82. The molecule has 1 N–H and O–H groups in total. The third-order valence-corrected chi connectivity index (χ3v) is 2.78. The molecule has 5 nitrogen and oxygen atoms in total. The number of amides is 1. The van der Waals surface area contributed by atoms with E-state index in [0.29, 0.717) is 5.82 Å². The number of benzene rings is 2. The standard InChI is InChI=1S/C15H12N4O/c20-15(16-11-6-2-1-3-7-11)10-14-17-12-8-4-5-9-13(12)18-19-14/h1-9H,10H2,(H,16,20). The van der Waals surface area contributed by atoms with Crippen molar-refractivity contribution in [3.05, 3.63) is 60.4 Å². The maximum Gasteiger partial charge on any atom is 0.232 e. The van der Waals surface area contributed by atoms with Crippen LogP contribution in [0.15, 0.2) is 54.6 Å². The summed E-state index contributed by atoms with van der Waals surface area (Å²) in [4.78, 5) is 16.2. The minimum Gasteiger partial charge on any atom is -0.326 e. The quantitative estimate of drug-likeness (QED) is 0.787. The fraction of sp³-hybridized carbons (Fsp3) is 0.0667. The van der Waals surface area contributed by atoms with E-state index in [0.717, 1.165) is 16.7 Å². The van der Waals surface area contributed by atoms with Crippen molar-refractivity contribution in [1.29, 1.82) is 0 Å². The maximum absolute atomic E-state index is 11.9. The molecule has 0 fully saturated rings. The lowest BCUT2D eigenvalue weighted by Gasteiger charge is -2.04. The van der Waals surface area contributed by atoms with Crippen LogP contribution in [0.4, 0.5) is 5.69 Å². The van der Waals surface area contributed by atoms with Gasteiger partial charge in [0.15, 0.2) is 5.82 Å². The largest absolute Gasteiger partial charge is 0.326 e. The number of para-hydroxylation sites is 2. The molecule has 0 aliphatic heterocycles. The van der Waals surface area contributed by atoms with Crippen LogP contribution in [0.5, 0.6) is 0 Å². The molecule has 0 radical (unpaired) electrons. The second-order valence-corrected chi connectivity index (χ2v) is 4.31. The van der Waals surface area contributed by atoms with Crippen LogP contribution in [-0.4, -0.2) is 21.1 Å². The summed E-state index contributed by atoms with van der Waals surface area (Å²) >= 11 is 0. The molecule has 0 aliphatic carbocycles. The monoisotopic (exact) mass is 264 g/mol. The van der Waals surface area contributed by atoms with Gasteiger partial charge < -0.3 is 5.32 Å². The minimum absolute atomic E-state index is 0.104. The van der Waals surface area contributed by atoms with Gasteiger partial charge >= 0.3 is 0 Å². The number of carbonyl (C=O) groups excluding carboxylic acids is 1. The highest BCUT2D eigenvalue weighted by molar-refractivity contribution is 5.91. The third-order valence-electron chi connectivity index (χ3n) is 2.78. The van der Waals surface area contributed by atoms with Gasteiger partial charge in [-0.3, -0.25) is 4.79 Å². The van der Waals surface area contributed by atoms with E-state index >= 15 is 0 Å². The van der Waals surface area contributed by atoms with Gasteiger partial charge in [0, 0.05) is 5.69 Å². The number of hydrogen-bond donors (Lipinski definition) is 1. The van der Waals surface area contributed by atoms with E-state index in [1.165, 1.54) is 0 Å². The molecular weight excluding hydrogens is 252 g/mol. The Kier molecular flexibility index (Phi) is 3.33. The van der Waals surface area contributed by atoms with Crippen LogP contribution in [0.1, 0.15) is 5.82 Å². The fourth-order valence-electron chi connectivity index (χ4n) is 1.86. The summed E-state index contributed by atoms with van der Waals surface area (Å²) in [5.74, 6) is 0.255. The summed E-state index contributed by atoms with van der Waals surface area (Å²) in [6, 6.07) is 16.7. The molecule has 1 aromatic heterocycles. The molecule has 0 aliphatic rings. The van der Waals surface area contributed by atoms with Crippen LogP contribution in [-0.2, 0) is 11.2 Å². The van der Waals surface area contributed by atoms with Crippen molar-refractivity contribution in [3.63, 3.8) is 0 Å². The van der Waals surface area contributed by atoms with Crippen LogP contribution >= 0.6 is 0 Å². The third kappa shape index (κ3) is 2.77. The molecule has 0 atom stereocenters. The van der Waals surface area contributed by atoms with Crippen molar-refractivity contribution in [2.45, 2.75) is 6.42 Å². The van der Waals surface area contributed by atoms with Gasteiger partial charge in [-0.05, 0) is 24.3 Å². The van der Waals surface area contributed by atoms with E-state index in [9.17, 15) is 4.79 Å². The van der Waals surface area contributed by atoms with Crippen molar-refractivity contribution in [2.24, 2.45) is 0 Å². The molecule has 98 valence electrons. The van der Waals surface area contributed by atoms with Gasteiger partial charge in [-0.1, -0.05) is 30.3 Å². The molecule has 2 aromatic carbocycles. The van der Waals surface area contributed by atoms with Crippen molar-refractivity contribution in [2.75, 3.05) is 5.32 Å². The molecule has 0 bridgehead atoms. The zero-order chi connectivity index (χ0) is 13.8. The fourth-order valence-corrected chi connectivity index (χ4v) is 1.86. The summed E-state index contributed by atoms with van der Waals surface area (Å²) in [5.41, 5.74) is 2.22. The number of hydrogen-bond acceptors (Lipinski definition) is 4. The molecule has 5 heteroatoms. The summed E-state index contributed by atoms with van der Waals surface area (Å²) < 4.78 is 0. The number of nitrogens with zero attached hydrogens (tertiary/aromatic N) is 3. The first-order valence-electron chi connectivity index (χ1n) is 6.24. The van der Waals surface area contributed by atoms with E-state index in [1.54, 1.807) is 0 Å². The van der Waals surface area contributed by atoms with Crippen molar-refractivity contribution >= 4 is 22.6 Å². The lowest BCUT2D eigenvalue weighted by atomic mass is 10.3. The number of carbonyl (C=O) groups is 1. The average molecular weight is 264 g/mol. The maximum atomic E-state index is 11.9. The van der Waals surface area contributed by atoms with Gasteiger partial charge in [0.2, 0.25) is 5.91 Å². The number of anilines is 1. The summed E-state index contributed by atoms with van der Waals surface area (Å²) in [7, 11) is 0. The highest BCUT2D eigenvalue weighted by atomic mass is 16.1. The van der Waals surface area contributed by atoms with E-state index < -0.39 is 0 Å². The molecule has 0 saturated heterocycles. The van der Waals surface area contributed by atoms with E-state index in [2.05, 4.69) is 20.5 Å². The molecular formula is C15H12N4O. The van der Waals surface area contributed by atoms with E-state index in [1.807, 2.05) is 54.6 Å². The number of nitrogens with one attached hydrogen (secondary N) is 1. The molecule has 1 heterocycles. The number of fused-ring (bicyclic) bond motifs is 1. The Morgan fingerprint density at radius 1 is 0.900 bits per heavy atom. The first-order valence-corrected chi connectivity index (χ1v) is 6.24. The highest BCUT2D eigenvalue weighted by Crippen LogP contribution is 2.08. The zero-order valence-electron chi connectivity index (χ0n) is 10.7. The van der Waals surface area contributed by atoms with Crippen LogP contribution < -0.4 is 5.32 Å². The molecule has 1 amide bonds. The first kappa shape index (κ1) is 12.2. The van der Waals surface area contributed by atoms with Gasteiger partial charge in [0.25, 0.3) is 0 Å². The smallest absolute Gasteiger partial charge is 0.232 e. The highest BCUT2D eigenvalue weighted by Gasteiger charge is 2.08. The predicted octanol–water partition coefficient (Wildman–Crippen LogP) is 2.21. The Morgan fingerprint density at radius 3 is 2.40 bits per heavy atom. The molecule has 0 unspecified atom stereocenters. The van der Waals surface area contributed by atoms with Gasteiger partial charge in [0.05, 0.1) is 11.9 Å². The van der Waals surface area contributed by atoms with Crippen molar-refractivity contribution < 1.29 is 4.79 Å². The normalized spacial score (nSPS) is 10.4. The van der Waals surface area contributed by atoms with Crippen molar-refractivity contribution in [3.8, 4) is 0 Å². The van der Waals surface area contributed by atoms with Crippen LogP contribution in [0.25, 0.3) is 11.0 Å². The molecule has 0 saturated carbocycles. The molecule has 3 aromatic rings. The Bertz CT molecular complexity index is 743. The van der Waals surface area contributed by atoms with Crippen LogP contribution in [0.2, 0.25) is 0 Å². The molecule has 20 heavy (non-hydrogen) atoms. The Balaban J connectivity index is 1.74. The zero-order valence-corrected chi connectivity index (χ0v) is 10.7. The second-order valence-electron chi connectivity index (χ2n) is 4.31. The summed E-state index contributed by atoms with van der Waals surface area (Å²) in [6.45, 7) is 0. The first-order chi connectivity index (χ1) is 9.81. The van der Waals surface area contributed by atoms with Crippen LogP contribution in [0.3, 0.4) is 0 Å². The average Bonchev–Trinajstić information content (AvgIpc) is 2.48. The molecule has 3 rings (SSSR count). The van der Waals surface area contributed by atoms with Gasteiger partial charge in [-0.25, -0.2) is 4.98 Å². The van der Waals surface area contributed by atoms with Crippen molar-refractivity contribution in [1.82, 2.24) is 15.2 Å². The lowest BCUT2D eigenvalue weighted by Crippen LogP contribution is -2.16. The van der Waals surface area contributed by atoms with E-state index in [-0.39, 0.29) is 12.3 Å². The van der Waals surface area contributed by atoms with Gasteiger partial charge in [0.1, 0.15) is 5.52 Å². The van der Waals surface area contributed by atoms with Crippen LogP contribution in [0, 0.1) is 0 Å². The molecule has 0 spiro atoms. The summed E-state index contributed by atoms with van der Waals surface area (Å²) in [6.07, 6.45) is 0.104. The van der Waals surface area contributed by atoms with Gasteiger partial charge in [-0.2, -0.15) is 0 Å². The topological polar surface area (TPSA) is 67.8 Å². The summed E-state index contributed by atoms with van der Waals surface area (Å²) in [5, 5.41) is 10.8.